The van der Waals surface area contributed by atoms with Crippen LogP contribution in [-0.4, -0.2) is 31.1 Å². The maximum atomic E-state index is 4.47. The van der Waals surface area contributed by atoms with Gasteiger partial charge in [0.2, 0.25) is 0 Å². The monoisotopic (exact) mass is 296 g/mol. The van der Waals surface area contributed by atoms with Gasteiger partial charge in [0.15, 0.2) is 0 Å². The van der Waals surface area contributed by atoms with Crippen molar-refractivity contribution < 1.29 is 0 Å². The van der Waals surface area contributed by atoms with E-state index in [1.807, 2.05) is 37.8 Å². The maximum absolute atomic E-state index is 4.47. The molecule has 114 valence electrons. The molecular formula is C16H20N6. The predicted octanol–water partition coefficient (Wildman–Crippen LogP) is 1.86. The molecule has 0 aliphatic carbocycles. The van der Waals surface area contributed by atoms with Gasteiger partial charge in [-0.2, -0.15) is 15.0 Å². The SMILES string of the molecule is Cn1nc(CNCCCn2ccnc2)c(-c2ccccc2)n1. The fourth-order valence-corrected chi connectivity index (χ4v) is 2.40. The van der Waals surface area contributed by atoms with Crippen molar-refractivity contribution in [1.29, 1.82) is 0 Å². The molecule has 0 saturated heterocycles. The third-order valence-corrected chi connectivity index (χ3v) is 3.45. The fourth-order valence-electron chi connectivity index (χ4n) is 2.40. The molecule has 0 spiro atoms. The number of nitrogens with one attached hydrogen (secondary N) is 1. The van der Waals surface area contributed by atoms with Crippen LogP contribution in [-0.2, 0) is 20.1 Å². The van der Waals surface area contributed by atoms with Crippen LogP contribution in [0, 0.1) is 0 Å². The number of aryl methyl sites for hydroxylation is 2. The molecule has 6 nitrogen and oxygen atoms in total. The first-order valence-electron chi connectivity index (χ1n) is 7.45. The Balaban J connectivity index is 1.54. The molecule has 22 heavy (non-hydrogen) atoms. The minimum absolute atomic E-state index is 0.724. The highest BCUT2D eigenvalue weighted by molar-refractivity contribution is 5.60. The highest BCUT2D eigenvalue weighted by Crippen LogP contribution is 2.19. The molecular weight excluding hydrogens is 276 g/mol. The number of hydrogen-bond acceptors (Lipinski definition) is 4. The van der Waals surface area contributed by atoms with Crippen molar-refractivity contribution >= 4 is 0 Å². The lowest BCUT2D eigenvalue weighted by molar-refractivity contribution is 0.570. The molecule has 3 rings (SSSR count). The Labute approximate surface area is 129 Å². The quantitative estimate of drug-likeness (QED) is 0.676. The average Bonchev–Trinajstić information content (AvgIpc) is 3.17. The molecule has 2 aromatic heterocycles. The number of benzene rings is 1. The van der Waals surface area contributed by atoms with Crippen LogP contribution in [0.2, 0.25) is 0 Å². The van der Waals surface area contributed by atoms with Gasteiger partial charge < -0.3 is 9.88 Å². The van der Waals surface area contributed by atoms with Crippen molar-refractivity contribution in [2.24, 2.45) is 7.05 Å². The molecule has 0 amide bonds. The molecule has 1 N–H and O–H groups in total. The Bertz CT molecular complexity index is 687. The van der Waals surface area contributed by atoms with E-state index in [1.54, 1.807) is 11.0 Å². The van der Waals surface area contributed by atoms with E-state index in [0.717, 1.165) is 43.0 Å². The van der Waals surface area contributed by atoms with Crippen molar-refractivity contribution in [2.45, 2.75) is 19.5 Å². The number of hydrogen-bond donors (Lipinski definition) is 1. The minimum Gasteiger partial charge on any atom is -0.337 e. The summed E-state index contributed by atoms with van der Waals surface area (Å²) in [6.07, 6.45) is 6.68. The van der Waals surface area contributed by atoms with E-state index in [2.05, 4.69) is 37.2 Å². The second-order valence-electron chi connectivity index (χ2n) is 5.18. The maximum Gasteiger partial charge on any atom is 0.117 e. The van der Waals surface area contributed by atoms with Gasteiger partial charge in [-0.25, -0.2) is 4.98 Å². The van der Waals surface area contributed by atoms with Crippen LogP contribution in [0.25, 0.3) is 11.3 Å². The third-order valence-electron chi connectivity index (χ3n) is 3.45. The molecule has 0 saturated carbocycles. The largest absolute Gasteiger partial charge is 0.337 e. The van der Waals surface area contributed by atoms with Gasteiger partial charge >= 0.3 is 0 Å². The van der Waals surface area contributed by atoms with E-state index < -0.39 is 0 Å². The number of nitrogens with zero attached hydrogens (tertiary/aromatic N) is 5. The van der Waals surface area contributed by atoms with E-state index in [4.69, 9.17) is 0 Å². The molecule has 0 unspecified atom stereocenters. The van der Waals surface area contributed by atoms with E-state index in [0.29, 0.717) is 0 Å². The summed E-state index contributed by atoms with van der Waals surface area (Å²) < 4.78 is 2.08. The molecule has 2 heterocycles. The van der Waals surface area contributed by atoms with Gasteiger partial charge in [0, 0.05) is 38.1 Å². The van der Waals surface area contributed by atoms with Gasteiger partial charge in [0.1, 0.15) is 11.4 Å². The number of imidazole rings is 1. The van der Waals surface area contributed by atoms with Gasteiger partial charge in [0.25, 0.3) is 0 Å². The highest BCUT2D eigenvalue weighted by atomic mass is 15.5. The summed E-state index contributed by atoms with van der Waals surface area (Å²) >= 11 is 0. The highest BCUT2D eigenvalue weighted by Gasteiger charge is 2.10. The Kier molecular flexibility index (Phi) is 4.60. The molecule has 0 aliphatic heterocycles. The Morgan fingerprint density at radius 1 is 1.14 bits per heavy atom. The lowest BCUT2D eigenvalue weighted by atomic mass is 10.1. The van der Waals surface area contributed by atoms with E-state index in [-0.39, 0.29) is 0 Å². The normalized spacial score (nSPS) is 11.0. The van der Waals surface area contributed by atoms with Crippen molar-refractivity contribution in [3.05, 3.63) is 54.7 Å². The van der Waals surface area contributed by atoms with Crippen LogP contribution >= 0.6 is 0 Å². The summed E-state index contributed by atoms with van der Waals surface area (Å²) in [6, 6.07) is 10.2. The Hall–Kier alpha value is -2.47. The number of aromatic nitrogens is 5. The van der Waals surface area contributed by atoms with Crippen LogP contribution in [0.3, 0.4) is 0 Å². The summed E-state index contributed by atoms with van der Waals surface area (Å²) in [5.74, 6) is 0. The topological polar surface area (TPSA) is 60.6 Å². The lowest BCUT2D eigenvalue weighted by Crippen LogP contribution is -2.17. The third kappa shape index (κ3) is 3.59. The van der Waals surface area contributed by atoms with E-state index in [1.165, 1.54) is 0 Å². The summed E-state index contributed by atoms with van der Waals surface area (Å²) in [6.45, 7) is 2.63. The summed E-state index contributed by atoms with van der Waals surface area (Å²) in [7, 11) is 1.86. The standard InChI is InChI=1S/C16H20N6/c1-21-19-15(16(20-21)14-6-3-2-4-7-14)12-17-8-5-10-22-11-9-18-13-22/h2-4,6-7,9,11,13,17H,5,8,10,12H2,1H3. The second-order valence-corrected chi connectivity index (χ2v) is 5.18. The fraction of sp³-hybridized carbons (Fsp3) is 0.312. The second kappa shape index (κ2) is 7.00. The van der Waals surface area contributed by atoms with Crippen LogP contribution in [0.15, 0.2) is 49.1 Å². The van der Waals surface area contributed by atoms with Crippen molar-refractivity contribution in [1.82, 2.24) is 29.9 Å². The van der Waals surface area contributed by atoms with Crippen LogP contribution in [0.1, 0.15) is 12.1 Å². The van der Waals surface area contributed by atoms with E-state index in [9.17, 15) is 0 Å². The zero-order valence-corrected chi connectivity index (χ0v) is 12.7. The summed E-state index contributed by atoms with van der Waals surface area (Å²) in [4.78, 5) is 5.67. The molecule has 0 radical (unpaired) electrons. The smallest absolute Gasteiger partial charge is 0.117 e. The average molecular weight is 296 g/mol. The molecule has 0 fully saturated rings. The summed E-state index contributed by atoms with van der Waals surface area (Å²) in [5, 5.41) is 12.4. The van der Waals surface area contributed by atoms with Gasteiger partial charge in [0.05, 0.1) is 6.33 Å². The zero-order valence-electron chi connectivity index (χ0n) is 12.7. The van der Waals surface area contributed by atoms with Gasteiger partial charge in [-0.05, 0) is 13.0 Å². The molecule has 6 heteroatoms. The van der Waals surface area contributed by atoms with Crippen LogP contribution < -0.4 is 5.32 Å². The molecule has 0 atom stereocenters. The zero-order chi connectivity index (χ0) is 15.2. The van der Waals surface area contributed by atoms with E-state index >= 15 is 0 Å². The van der Waals surface area contributed by atoms with Gasteiger partial charge in [-0.3, -0.25) is 0 Å². The summed E-state index contributed by atoms with van der Waals surface area (Å²) in [5.41, 5.74) is 3.03. The van der Waals surface area contributed by atoms with Gasteiger partial charge in [-0.1, -0.05) is 30.3 Å². The Morgan fingerprint density at radius 3 is 2.77 bits per heavy atom. The molecule has 1 aromatic carbocycles. The minimum atomic E-state index is 0.724. The van der Waals surface area contributed by atoms with Gasteiger partial charge in [-0.15, -0.1) is 0 Å². The molecule has 0 bridgehead atoms. The lowest BCUT2D eigenvalue weighted by Gasteiger charge is -2.05. The first kappa shape index (κ1) is 14.5. The predicted molar refractivity (Wildman–Crippen MR) is 85.0 cm³/mol. The van der Waals surface area contributed by atoms with Crippen molar-refractivity contribution in [3.8, 4) is 11.3 Å². The van der Waals surface area contributed by atoms with Crippen molar-refractivity contribution in [3.63, 3.8) is 0 Å². The first-order chi connectivity index (χ1) is 10.8. The van der Waals surface area contributed by atoms with Crippen LogP contribution in [0.4, 0.5) is 0 Å². The first-order valence-corrected chi connectivity index (χ1v) is 7.45. The molecule has 3 aromatic rings. The van der Waals surface area contributed by atoms with Crippen molar-refractivity contribution in [2.75, 3.05) is 6.54 Å². The molecule has 0 aliphatic rings. The Morgan fingerprint density at radius 2 is 2.00 bits per heavy atom. The van der Waals surface area contributed by atoms with Crippen LogP contribution in [0.5, 0.6) is 0 Å². The number of rotatable bonds is 7.